The van der Waals surface area contributed by atoms with Crippen LogP contribution in [-0.2, 0) is 0 Å². The minimum Gasteiger partial charge on any atom is -0.486 e. The van der Waals surface area contributed by atoms with Crippen molar-refractivity contribution < 1.29 is 9.47 Å². The predicted octanol–water partition coefficient (Wildman–Crippen LogP) is 4.52. The first-order valence-corrected chi connectivity index (χ1v) is 7.20. The fourth-order valence-electron chi connectivity index (χ4n) is 1.85. The van der Waals surface area contributed by atoms with Crippen molar-refractivity contribution >= 4 is 34.5 Å². The van der Waals surface area contributed by atoms with E-state index in [9.17, 15) is 0 Å². The highest BCUT2D eigenvalue weighted by molar-refractivity contribution is 7.11. The van der Waals surface area contributed by atoms with Crippen LogP contribution in [0.4, 0.5) is 0 Å². The van der Waals surface area contributed by atoms with Crippen LogP contribution in [0, 0.1) is 0 Å². The first-order chi connectivity index (χ1) is 8.75. The van der Waals surface area contributed by atoms with Gasteiger partial charge in [0.15, 0.2) is 17.6 Å². The van der Waals surface area contributed by atoms with Crippen LogP contribution >= 0.6 is 34.5 Å². The lowest BCUT2D eigenvalue weighted by Gasteiger charge is -2.29. The van der Waals surface area contributed by atoms with Gasteiger partial charge in [-0.25, -0.2) is 0 Å². The molecule has 0 aliphatic carbocycles. The number of rotatable bonds is 2. The van der Waals surface area contributed by atoms with Gasteiger partial charge < -0.3 is 9.47 Å². The fourth-order valence-corrected chi connectivity index (χ4v) is 3.50. The molecule has 2 unspecified atom stereocenters. The number of benzene rings is 1. The molecule has 1 aromatic carbocycles. The third-order valence-electron chi connectivity index (χ3n) is 2.75. The summed E-state index contributed by atoms with van der Waals surface area (Å²) in [6.07, 6.45) is -0.224. The largest absolute Gasteiger partial charge is 0.486 e. The first-order valence-electron chi connectivity index (χ1n) is 5.51. The van der Waals surface area contributed by atoms with Gasteiger partial charge >= 0.3 is 0 Å². The molecule has 2 aromatic rings. The summed E-state index contributed by atoms with van der Waals surface area (Å²) in [4.78, 5) is 0.923. The van der Waals surface area contributed by atoms with E-state index in [1.807, 2.05) is 35.7 Å². The van der Waals surface area contributed by atoms with E-state index in [1.165, 1.54) is 11.3 Å². The lowest BCUT2D eigenvalue weighted by Crippen LogP contribution is -2.32. The van der Waals surface area contributed by atoms with Gasteiger partial charge in [-0.1, -0.05) is 23.7 Å². The zero-order valence-corrected chi connectivity index (χ0v) is 11.6. The highest BCUT2D eigenvalue weighted by atomic mass is 35.5. The summed E-state index contributed by atoms with van der Waals surface area (Å²) in [5.41, 5.74) is 0. The predicted molar refractivity (Wildman–Crippen MR) is 74.3 cm³/mol. The molecular formula is C13H10Cl2O2S. The molecule has 5 heteroatoms. The molecule has 94 valence electrons. The molecule has 0 bridgehead atoms. The lowest BCUT2D eigenvalue weighted by atomic mass is 10.2. The van der Waals surface area contributed by atoms with Crippen molar-refractivity contribution in [3.05, 3.63) is 45.6 Å². The standard InChI is InChI=1S/C13H10Cl2O2S/c14-8-5-6-18-13(8)12(15)11-7-16-9-3-1-2-4-10(9)17-11/h1-6,11-12H,7H2. The Morgan fingerprint density at radius 3 is 2.72 bits per heavy atom. The summed E-state index contributed by atoms with van der Waals surface area (Å²) in [5.74, 6) is 1.49. The van der Waals surface area contributed by atoms with Crippen molar-refractivity contribution in [3.63, 3.8) is 0 Å². The van der Waals surface area contributed by atoms with Crippen molar-refractivity contribution in [2.45, 2.75) is 11.5 Å². The first kappa shape index (κ1) is 12.2. The SMILES string of the molecule is Clc1ccsc1C(Cl)C1COc2ccccc2O1. The molecular weight excluding hydrogens is 291 g/mol. The van der Waals surface area contributed by atoms with E-state index in [-0.39, 0.29) is 11.5 Å². The molecule has 0 saturated heterocycles. The Balaban J connectivity index is 1.82. The van der Waals surface area contributed by atoms with E-state index in [4.69, 9.17) is 32.7 Å². The Kier molecular flexibility index (Phi) is 3.37. The van der Waals surface area contributed by atoms with Crippen LogP contribution < -0.4 is 9.47 Å². The smallest absolute Gasteiger partial charge is 0.161 e. The number of hydrogen-bond donors (Lipinski definition) is 0. The summed E-state index contributed by atoms with van der Waals surface area (Å²) in [5, 5.41) is 2.30. The van der Waals surface area contributed by atoms with Crippen molar-refractivity contribution in [2.24, 2.45) is 0 Å². The Morgan fingerprint density at radius 2 is 2.00 bits per heavy atom. The molecule has 3 rings (SSSR count). The Bertz CT molecular complexity index is 555. The molecule has 0 radical (unpaired) electrons. The van der Waals surface area contributed by atoms with E-state index in [0.717, 1.165) is 16.4 Å². The molecule has 0 saturated carbocycles. The normalized spacial score (nSPS) is 19.6. The maximum absolute atomic E-state index is 6.42. The number of ether oxygens (including phenoxy) is 2. The number of thiophene rings is 1. The van der Waals surface area contributed by atoms with Gasteiger partial charge in [-0.3, -0.25) is 0 Å². The molecule has 2 heterocycles. The van der Waals surface area contributed by atoms with Gasteiger partial charge in [-0.2, -0.15) is 0 Å². The highest BCUT2D eigenvalue weighted by Gasteiger charge is 2.30. The number of alkyl halides is 1. The molecule has 2 atom stereocenters. The second kappa shape index (κ2) is 5.00. The molecule has 2 nitrogen and oxygen atoms in total. The summed E-state index contributed by atoms with van der Waals surface area (Å²) < 4.78 is 11.5. The van der Waals surface area contributed by atoms with Crippen LogP contribution in [0.3, 0.4) is 0 Å². The average Bonchev–Trinajstić information content (AvgIpc) is 2.83. The molecule has 0 amide bonds. The van der Waals surface area contributed by atoms with E-state index >= 15 is 0 Å². The Hall–Kier alpha value is -0.900. The quantitative estimate of drug-likeness (QED) is 0.759. The molecule has 1 aliphatic heterocycles. The topological polar surface area (TPSA) is 18.5 Å². The fraction of sp³-hybridized carbons (Fsp3) is 0.231. The van der Waals surface area contributed by atoms with E-state index < -0.39 is 0 Å². The molecule has 0 fully saturated rings. The van der Waals surface area contributed by atoms with Gasteiger partial charge in [0.2, 0.25) is 0 Å². The van der Waals surface area contributed by atoms with Gasteiger partial charge in [-0.05, 0) is 23.6 Å². The second-order valence-corrected chi connectivity index (χ2v) is 5.77. The van der Waals surface area contributed by atoms with Crippen molar-refractivity contribution in [2.75, 3.05) is 6.61 Å². The minimum atomic E-state index is -0.300. The zero-order chi connectivity index (χ0) is 12.5. The average molecular weight is 301 g/mol. The molecule has 18 heavy (non-hydrogen) atoms. The van der Waals surface area contributed by atoms with Gasteiger partial charge in [0.05, 0.1) is 5.02 Å². The van der Waals surface area contributed by atoms with Gasteiger partial charge in [-0.15, -0.1) is 22.9 Å². The highest BCUT2D eigenvalue weighted by Crippen LogP contribution is 2.40. The van der Waals surface area contributed by atoms with Gasteiger partial charge in [0, 0.05) is 4.88 Å². The van der Waals surface area contributed by atoms with Crippen molar-refractivity contribution in [3.8, 4) is 11.5 Å². The monoisotopic (exact) mass is 300 g/mol. The van der Waals surface area contributed by atoms with E-state index in [1.54, 1.807) is 0 Å². The molecule has 0 spiro atoms. The van der Waals surface area contributed by atoms with Crippen molar-refractivity contribution in [1.82, 2.24) is 0 Å². The van der Waals surface area contributed by atoms with Crippen LogP contribution in [0.2, 0.25) is 5.02 Å². The summed E-state index contributed by atoms with van der Waals surface area (Å²) in [6.45, 7) is 0.430. The second-order valence-electron chi connectivity index (χ2n) is 3.95. The summed E-state index contributed by atoms with van der Waals surface area (Å²) in [7, 11) is 0. The number of hydrogen-bond acceptors (Lipinski definition) is 3. The number of halogens is 2. The lowest BCUT2D eigenvalue weighted by molar-refractivity contribution is 0.0883. The van der Waals surface area contributed by atoms with E-state index in [2.05, 4.69) is 0 Å². The zero-order valence-electron chi connectivity index (χ0n) is 9.31. The van der Waals surface area contributed by atoms with Crippen LogP contribution in [0.15, 0.2) is 35.7 Å². The van der Waals surface area contributed by atoms with Crippen LogP contribution in [0.25, 0.3) is 0 Å². The van der Waals surface area contributed by atoms with Gasteiger partial charge in [0.1, 0.15) is 12.0 Å². The van der Waals surface area contributed by atoms with Crippen molar-refractivity contribution in [1.29, 1.82) is 0 Å². The molecule has 1 aliphatic rings. The third kappa shape index (κ3) is 2.18. The third-order valence-corrected chi connectivity index (χ3v) is 4.82. The van der Waals surface area contributed by atoms with Crippen LogP contribution in [0.1, 0.15) is 10.3 Å². The Morgan fingerprint density at radius 1 is 1.22 bits per heavy atom. The molecule has 0 N–H and O–H groups in total. The number of fused-ring (bicyclic) bond motifs is 1. The minimum absolute atomic E-state index is 0.224. The van der Waals surface area contributed by atoms with Crippen LogP contribution in [0.5, 0.6) is 11.5 Å². The maximum Gasteiger partial charge on any atom is 0.161 e. The Labute approximate surface area is 119 Å². The summed E-state index contributed by atoms with van der Waals surface area (Å²) in [6, 6.07) is 9.42. The summed E-state index contributed by atoms with van der Waals surface area (Å²) >= 11 is 14.0. The maximum atomic E-state index is 6.42. The molecule has 1 aromatic heterocycles. The number of para-hydroxylation sites is 2. The van der Waals surface area contributed by atoms with Gasteiger partial charge in [0.25, 0.3) is 0 Å². The van der Waals surface area contributed by atoms with E-state index in [0.29, 0.717) is 11.6 Å². The van der Waals surface area contributed by atoms with Crippen LogP contribution in [-0.4, -0.2) is 12.7 Å².